The SMILES string of the molecule is CC.Cn1nc(C(=O)NC2CCN(CCN3CCC4(CC3)CNC(=O)O4)CC2)c2ccc(N3CCCCCC3)nc21. The summed E-state index contributed by atoms with van der Waals surface area (Å²) in [5.41, 5.74) is 0.951. The van der Waals surface area contributed by atoms with E-state index in [0.717, 1.165) is 94.9 Å². The summed E-state index contributed by atoms with van der Waals surface area (Å²) < 4.78 is 7.27. The molecule has 2 aromatic heterocycles. The fraction of sp³-hybridized carbons (Fsp3) is 0.733. The number of hydrogen-bond acceptors (Lipinski definition) is 8. The average molecular weight is 569 g/mol. The van der Waals surface area contributed by atoms with Crippen molar-refractivity contribution in [3.05, 3.63) is 17.8 Å². The fourth-order valence-electron chi connectivity index (χ4n) is 6.57. The molecular formula is C30H48N8O3. The molecule has 6 rings (SSSR count). The van der Waals surface area contributed by atoms with Crippen LogP contribution < -0.4 is 15.5 Å². The number of anilines is 1. The predicted molar refractivity (Wildman–Crippen MR) is 160 cm³/mol. The molecule has 0 radical (unpaired) electrons. The lowest BCUT2D eigenvalue weighted by molar-refractivity contribution is -0.00139. The van der Waals surface area contributed by atoms with Crippen LogP contribution in [-0.4, -0.2) is 107 Å². The van der Waals surface area contributed by atoms with Gasteiger partial charge < -0.3 is 30.1 Å². The average Bonchev–Trinajstić information content (AvgIpc) is 3.39. The maximum Gasteiger partial charge on any atom is 0.407 e. The molecule has 2 amide bonds. The summed E-state index contributed by atoms with van der Waals surface area (Å²) >= 11 is 0. The number of rotatable bonds is 6. The van der Waals surface area contributed by atoms with Crippen molar-refractivity contribution in [2.24, 2.45) is 7.05 Å². The van der Waals surface area contributed by atoms with E-state index in [1.807, 2.05) is 33.0 Å². The standard InChI is InChI=1S/C28H42N8O3.C2H6/c1-33-25-22(6-7-23(31-25)36-12-4-2-3-5-13-36)24(32-33)26(37)30-21-8-14-34(15-9-21)18-19-35-16-10-28(11-17-35)20-29-27(38)39-28;1-2/h6-7,21H,2-5,8-20H2,1H3,(H,29,38)(H,30,37);1-2H3. The van der Waals surface area contributed by atoms with Gasteiger partial charge in [-0.25, -0.2) is 14.5 Å². The first-order valence-electron chi connectivity index (χ1n) is 15.8. The second-order valence-electron chi connectivity index (χ2n) is 11.8. The highest BCUT2D eigenvalue weighted by atomic mass is 16.6. The molecule has 2 aromatic rings. The number of pyridine rings is 1. The smallest absolute Gasteiger partial charge is 0.407 e. The van der Waals surface area contributed by atoms with E-state index in [0.29, 0.717) is 12.2 Å². The molecule has 6 heterocycles. The van der Waals surface area contributed by atoms with Crippen LogP contribution in [0.1, 0.15) is 75.7 Å². The minimum Gasteiger partial charge on any atom is -0.441 e. The quantitative estimate of drug-likeness (QED) is 0.547. The van der Waals surface area contributed by atoms with E-state index in [1.165, 1.54) is 25.7 Å². The zero-order chi connectivity index (χ0) is 28.8. The van der Waals surface area contributed by atoms with Gasteiger partial charge in [-0.05, 0) is 37.8 Å². The van der Waals surface area contributed by atoms with Crippen molar-refractivity contribution >= 4 is 28.9 Å². The Labute approximate surface area is 243 Å². The number of fused-ring (bicyclic) bond motifs is 1. The van der Waals surface area contributed by atoms with Gasteiger partial charge in [0, 0.05) is 78.3 Å². The van der Waals surface area contributed by atoms with Crippen molar-refractivity contribution in [1.82, 2.24) is 35.2 Å². The first kappa shape index (κ1) is 29.6. The molecule has 4 saturated heterocycles. The number of hydrogen-bond donors (Lipinski definition) is 2. The van der Waals surface area contributed by atoms with Crippen molar-refractivity contribution in [2.75, 3.05) is 63.8 Å². The van der Waals surface area contributed by atoms with Crippen molar-refractivity contribution in [2.45, 2.75) is 76.9 Å². The lowest BCUT2D eigenvalue weighted by atomic mass is 9.91. The zero-order valence-electron chi connectivity index (χ0n) is 25.2. The molecule has 1 spiro atoms. The van der Waals surface area contributed by atoms with Crippen LogP contribution in [0.25, 0.3) is 11.0 Å². The molecule has 0 atom stereocenters. The minimum atomic E-state index is -0.284. The normalized spacial score (nSPS) is 22.1. The molecule has 41 heavy (non-hydrogen) atoms. The number of piperidine rings is 2. The number of nitrogens with zero attached hydrogens (tertiary/aromatic N) is 6. The number of amides is 2. The number of aryl methyl sites for hydroxylation is 1. The van der Waals surface area contributed by atoms with E-state index in [-0.39, 0.29) is 23.6 Å². The first-order valence-corrected chi connectivity index (χ1v) is 15.8. The van der Waals surface area contributed by atoms with E-state index in [2.05, 4.69) is 30.4 Å². The molecule has 0 aromatic carbocycles. The van der Waals surface area contributed by atoms with E-state index in [9.17, 15) is 9.59 Å². The van der Waals surface area contributed by atoms with Crippen molar-refractivity contribution in [3.8, 4) is 0 Å². The predicted octanol–water partition coefficient (Wildman–Crippen LogP) is 3.14. The van der Waals surface area contributed by atoms with Crippen LogP contribution in [0.2, 0.25) is 0 Å². The lowest BCUT2D eigenvalue weighted by Crippen LogP contribution is -2.50. The maximum absolute atomic E-state index is 13.2. The van der Waals surface area contributed by atoms with Crippen LogP contribution >= 0.6 is 0 Å². The summed E-state index contributed by atoms with van der Waals surface area (Å²) in [5, 5.41) is 11.4. The van der Waals surface area contributed by atoms with Crippen LogP contribution in [0.4, 0.5) is 10.6 Å². The van der Waals surface area contributed by atoms with Gasteiger partial charge >= 0.3 is 6.09 Å². The largest absolute Gasteiger partial charge is 0.441 e. The number of carbonyl (C=O) groups is 2. The number of ether oxygens (including phenoxy) is 1. The molecule has 0 bridgehead atoms. The van der Waals surface area contributed by atoms with Crippen molar-refractivity contribution in [3.63, 3.8) is 0 Å². The molecular weight excluding hydrogens is 520 g/mol. The van der Waals surface area contributed by atoms with Gasteiger partial charge in [-0.2, -0.15) is 5.10 Å². The van der Waals surface area contributed by atoms with Gasteiger partial charge in [0.05, 0.1) is 11.9 Å². The van der Waals surface area contributed by atoms with Gasteiger partial charge in [-0.15, -0.1) is 0 Å². The Morgan fingerprint density at radius 1 is 1.00 bits per heavy atom. The van der Waals surface area contributed by atoms with Gasteiger partial charge in [-0.1, -0.05) is 26.7 Å². The fourth-order valence-corrected chi connectivity index (χ4v) is 6.57. The van der Waals surface area contributed by atoms with E-state index >= 15 is 0 Å². The molecule has 2 N–H and O–H groups in total. The van der Waals surface area contributed by atoms with E-state index < -0.39 is 0 Å². The Morgan fingerprint density at radius 2 is 1.66 bits per heavy atom. The molecule has 0 aliphatic carbocycles. The summed E-state index contributed by atoms with van der Waals surface area (Å²) in [5.74, 6) is 0.877. The second-order valence-corrected chi connectivity index (χ2v) is 11.8. The Morgan fingerprint density at radius 3 is 2.29 bits per heavy atom. The van der Waals surface area contributed by atoms with Gasteiger partial charge in [0.25, 0.3) is 5.91 Å². The van der Waals surface area contributed by atoms with Crippen LogP contribution in [-0.2, 0) is 11.8 Å². The highest BCUT2D eigenvalue weighted by Crippen LogP contribution is 2.29. The minimum absolute atomic E-state index is 0.104. The molecule has 226 valence electrons. The van der Waals surface area contributed by atoms with E-state index in [1.54, 1.807) is 4.68 Å². The van der Waals surface area contributed by atoms with Crippen molar-refractivity contribution in [1.29, 1.82) is 0 Å². The van der Waals surface area contributed by atoms with Crippen LogP contribution in [0, 0.1) is 0 Å². The monoisotopic (exact) mass is 568 g/mol. The molecule has 4 fully saturated rings. The van der Waals surface area contributed by atoms with Gasteiger partial charge in [0.2, 0.25) is 0 Å². The van der Waals surface area contributed by atoms with E-state index in [4.69, 9.17) is 9.72 Å². The van der Waals surface area contributed by atoms with Crippen LogP contribution in [0.3, 0.4) is 0 Å². The number of aromatic nitrogens is 3. The summed E-state index contributed by atoms with van der Waals surface area (Å²) in [4.78, 5) is 36.9. The Hall–Kier alpha value is -2.92. The molecule has 4 aliphatic rings. The number of nitrogens with one attached hydrogen (secondary N) is 2. The maximum atomic E-state index is 13.2. The first-order chi connectivity index (χ1) is 20.0. The summed E-state index contributed by atoms with van der Waals surface area (Å²) in [6.45, 7) is 12.7. The van der Waals surface area contributed by atoms with Crippen molar-refractivity contribution < 1.29 is 14.3 Å². The number of alkyl carbamates (subject to hydrolysis) is 1. The Bertz CT molecular complexity index is 1180. The third kappa shape index (κ3) is 6.94. The molecule has 0 unspecified atom stereocenters. The summed E-state index contributed by atoms with van der Waals surface area (Å²) in [6, 6.07) is 4.22. The lowest BCUT2D eigenvalue weighted by Gasteiger charge is -2.38. The zero-order valence-corrected chi connectivity index (χ0v) is 25.2. The van der Waals surface area contributed by atoms with Gasteiger partial charge in [0.1, 0.15) is 11.4 Å². The number of carbonyl (C=O) groups excluding carboxylic acids is 2. The molecule has 0 saturated carbocycles. The van der Waals surface area contributed by atoms with Gasteiger partial charge in [0.15, 0.2) is 11.3 Å². The third-order valence-electron chi connectivity index (χ3n) is 9.10. The van der Waals surface area contributed by atoms with Gasteiger partial charge in [-0.3, -0.25) is 4.79 Å². The Kier molecular flexibility index (Phi) is 9.64. The Balaban J connectivity index is 0.00000165. The summed E-state index contributed by atoms with van der Waals surface area (Å²) in [7, 11) is 1.87. The highest BCUT2D eigenvalue weighted by molar-refractivity contribution is 6.04. The highest BCUT2D eigenvalue weighted by Gasteiger charge is 2.42. The second kappa shape index (κ2) is 13.4. The molecule has 11 heteroatoms. The third-order valence-corrected chi connectivity index (χ3v) is 9.10. The summed E-state index contributed by atoms with van der Waals surface area (Å²) in [6.07, 6.45) is 8.38. The van der Waals surface area contributed by atoms with Crippen LogP contribution in [0.5, 0.6) is 0 Å². The molecule has 4 aliphatic heterocycles. The number of likely N-dealkylation sites (tertiary alicyclic amines) is 2. The van der Waals surface area contributed by atoms with Crippen LogP contribution in [0.15, 0.2) is 12.1 Å². The topological polar surface area (TPSA) is 108 Å². The molecule has 11 nitrogen and oxygen atoms in total.